The van der Waals surface area contributed by atoms with Crippen molar-refractivity contribution < 1.29 is 14.6 Å². The van der Waals surface area contributed by atoms with E-state index in [9.17, 15) is 9.90 Å². The van der Waals surface area contributed by atoms with Crippen molar-refractivity contribution in [1.82, 2.24) is 9.80 Å². The Morgan fingerprint density at radius 3 is 2.95 bits per heavy atom. The van der Waals surface area contributed by atoms with Crippen molar-refractivity contribution in [2.45, 2.75) is 39.3 Å². The molecular formula is C16H25N3O3. The molecule has 0 saturated carbocycles. The second-order valence-corrected chi connectivity index (χ2v) is 6.59. The molecular weight excluding hydrogens is 282 g/mol. The summed E-state index contributed by atoms with van der Waals surface area (Å²) in [5.74, 6) is 0.768. The fraction of sp³-hybridized carbons (Fsp3) is 0.750. The van der Waals surface area contributed by atoms with E-state index in [-0.39, 0.29) is 6.04 Å². The van der Waals surface area contributed by atoms with Crippen molar-refractivity contribution >= 4 is 11.8 Å². The van der Waals surface area contributed by atoms with E-state index in [2.05, 4.69) is 35.6 Å². The zero-order valence-electron chi connectivity index (χ0n) is 13.6. The molecule has 6 heteroatoms. The average Bonchev–Trinajstić information content (AvgIpc) is 2.90. The molecule has 3 heterocycles. The van der Waals surface area contributed by atoms with Gasteiger partial charge in [-0.25, -0.2) is 0 Å². The SMILES string of the molecule is CC1=NC(C)C(C)=C2CC(CN3CCOCC3C(=O)O)CN12. The highest BCUT2D eigenvalue weighted by Crippen LogP contribution is 2.34. The highest BCUT2D eigenvalue weighted by atomic mass is 16.5. The third-order valence-corrected chi connectivity index (χ3v) is 5.12. The van der Waals surface area contributed by atoms with Crippen molar-refractivity contribution in [2.24, 2.45) is 10.9 Å². The van der Waals surface area contributed by atoms with Crippen LogP contribution in [0.25, 0.3) is 0 Å². The lowest BCUT2D eigenvalue weighted by molar-refractivity contribution is -0.150. The van der Waals surface area contributed by atoms with E-state index in [0.29, 0.717) is 25.7 Å². The topological polar surface area (TPSA) is 65.4 Å². The molecule has 2 saturated heterocycles. The summed E-state index contributed by atoms with van der Waals surface area (Å²) in [6.45, 7) is 9.76. The number of hydrogen-bond acceptors (Lipinski definition) is 5. The number of amidine groups is 1. The quantitative estimate of drug-likeness (QED) is 0.848. The lowest BCUT2D eigenvalue weighted by atomic mass is 10.0. The van der Waals surface area contributed by atoms with Gasteiger partial charge >= 0.3 is 5.97 Å². The summed E-state index contributed by atoms with van der Waals surface area (Å²) >= 11 is 0. The summed E-state index contributed by atoms with van der Waals surface area (Å²) in [6, 6.07) is -0.240. The molecule has 2 fully saturated rings. The minimum absolute atomic E-state index is 0.264. The highest BCUT2D eigenvalue weighted by molar-refractivity contribution is 5.83. The number of fused-ring (bicyclic) bond motifs is 1. The molecule has 0 aromatic rings. The van der Waals surface area contributed by atoms with Crippen LogP contribution in [-0.4, -0.2) is 71.6 Å². The number of aliphatic imine (C=N–C) groups is 1. The zero-order chi connectivity index (χ0) is 15.9. The van der Waals surface area contributed by atoms with Crippen molar-refractivity contribution in [3.63, 3.8) is 0 Å². The van der Waals surface area contributed by atoms with E-state index in [1.807, 2.05) is 0 Å². The lowest BCUT2D eigenvalue weighted by Crippen LogP contribution is -2.51. The number of ether oxygens (including phenoxy) is 1. The second kappa shape index (κ2) is 6.01. The second-order valence-electron chi connectivity index (χ2n) is 6.59. The molecule has 0 bridgehead atoms. The van der Waals surface area contributed by atoms with E-state index in [1.165, 1.54) is 11.3 Å². The van der Waals surface area contributed by atoms with Crippen molar-refractivity contribution in [3.05, 3.63) is 11.3 Å². The van der Waals surface area contributed by atoms with Crippen LogP contribution in [0.15, 0.2) is 16.3 Å². The van der Waals surface area contributed by atoms with E-state index >= 15 is 0 Å². The van der Waals surface area contributed by atoms with E-state index in [0.717, 1.165) is 25.3 Å². The van der Waals surface area contributed by atoms with Crippen LogP contribution in [0, 0.1) is 5.92 Å². The van der Waals surface area contributed by atoms with Gasteiger partial charge in [-0.3, -0.25) is 14.7 Å². The van der Waals surface area contributed by atoms with Crippen LogP contribution >= 0.6 is 0 Å². The van der Waals surface area contributed by atoms with E-state index < -0.39 is 12.0 Å². The van der Waals surface area contributed by atoms with Gasteiger partial charge in [0.25, 0.3) is 0 Å². The summed E-state index contributed by atoms with van der Waals surface area (Å²) in [7, 11) is 0. The Kier molecular flexibility index (Phi) is 4.23. The molecule has 3 atom stereocenters. The van der Waals surface area contributed by atoms with E-state index in [1.54, 1.807) is 0 Å². The maximum absolute atomic E-state index is 11.4. The zero-order valence-corrected chi connectivity index (χ0v) is 13.6. The first-order valence-electron chi connectivity index (χ1n) is 8.03. The molecule has 0 radical (unpaired) electrons. The third kappa shape index (κ3) is 2.77. The van der Waals surface area contributed by atoms with Gasteiger partial charge in [0.2, 0.25) is 0 Å². The number of allylic oxidation sites excluding steroid dienone is 1. The van der Waals surface area contributed by atoms with Gasteiger partial charge in [-0.15, -0.1) is 0 Å². The van der Waals surface area contributed by atoms with Gasteiger partial charge in [-0.1, -0.05) is 0 Å². The van der Waals surface area contributed by atoms with Crippen molar-refractivity contribution in [3.8, 4) is 0 Å². The first kappa shape index (κ1) is 15.5. The molecule has 6 nitrogen and oxygen atoms in total. The Hall–Kier alpha value is -1.40. The summed E-state index contributed by atoms with van der Waals surface area (Å²) in [5, 5.41) is 9.35. The predicted octanol–water partition coefficient (Wildman–Crippen LogP) is 1.19. The maximum atomic E-state index is 11.4. The largest absolute Gasteiger partial charge is 0.480 e. The Morgan fingerprint density at radius 1 is 1.45 bits per heavy atom. The minimum atomic E-state index is -0.780. The predicted molar refractivity (Wildman–Crippen MR) is 83.9 cm³/mol. The van der Waals surface area contributed by atoms with Crippen LogP contribution in [0.2, 0.25) is 0 Å². The standard InChI is InChI=1S/C16H25N3O3/c1-10-11(2)17-12(3)19-8-13(6-14(10)19)7-18-4-5-22-9-15(18)16(20)21/h11,13,15H,4-9H2,1-3H3,(H,20,21). The van der Waals surface area contributed by atoms with Crippen LogP contribution in [0.1, 0.15) is 27.2 Å². The van der Waals surface area contributed by atoms with Gasteiger partial charge in [0, 0.05) is 25.3 Å². The molecule has 3 aliphatic rings. The highest BCUT2D eigenvalue weighted by Gasteiger charge is 2.37. The first-order valence-corrected chi connectivity index (χ1v) is 8.03. The van der Waals surface area contributed by atoms with Crippen LogP contribution in [-0.2, 0) is 9.53 Å². The van der Waals surface area contributed by atoms with Crippen LogP contribution in [0.4, 0.5) is 0 Å². The van der Waals surface area contributed by atoms with Gasteiger partial charge in [0.1, 0.15) is 11.9 Å². The number of carboxylic acids is 1. The Bertz CT molecular complexity index is 529. The fourth-order valence-electron chi connectivity index (χ4n) is 3.74. The van der Waals surface area contributed by atoms with Crippen LogP contribution < -0.4 is 0 Å². The molecule has 22 heavy (non-hydrogen) atoms. The molecule has 0 amide bonds. The molecule has 1 N–H and O–H groups in total. The average molecular weight is 307 g/mol. The maximum Gasteiger partial charge on any atom is 0.323 e. The Morgan fingerprint density at radius 2 is 2.23 bits per heavy atom. The molecule has 0 spiro atoms. The summed E-state index contributed by atoms with van der Waals surface area (Å²) in [4.78, 5) is 20.4. The molecule has 122 valence electrons. The normalized spacial score (nSPS) is 33.0. The van der Waals surface area contributed by atoms with E-state index in [4.69, 9.17) is 4.74 Å². The molecule has 3 aliphatic heterocycles. The number of carbonyl (C=O) groups is 1. The summed E-state index contributed by atoms with van der Waals surface area (Å²) in [6.07, 6.45) is 1.02. The fourth-order valence-corrected chi connectivity index (χ4v) is 3.74. The number of aliphatic carboxylic acids is 1. The van der Waals surface area contributed by atoms with Gasteiger partial charge in [0.15, 0.2) is 0 Å². The molecule has 0 aliphatic carbocycles. The van der Waals surface area contributed by atoms with Gasteiger partial charge < -0.3 is 14.7 Å². The van der Waals surface area contributed by atoms with Crippen LogP contribution in [0.3, 0.4) is 0 Å². The number of morpholine rings is 1. The van der Waals surface area contributed by atoms with Crippen molar-refractivity contribution in [2.75, 3.05) is 32.8 Å². The number of carboxylic acid groups (broad SMARTS) is 1. The van der Waals surface area contributed by atoms with Gasteiger partial charge in [-0.2, -0.15) is 0 Å². The smallest absolute Gasteiger partial charge is 0.323 e. The third-order valence-electron chi connectivity index (χ3n) is 5.12. The Balaban J connectivity index is 1.70. The number of rotatable bonds is 3. The monoisotopic (exact) mass is 307 g/mol. The van der Waals surface area contributed by atoms with Gasteiger partial charge in [-0.05, 0) is 38.7 Å². The molecule has 3 rings (SSSR count). The minimum Gasteiger partial charge on any atom is -0.480 e. The number of hydrogen-bond donors (Lipinski definition) is 1. The molecule has 0 aromatic heterocycles. The molecule has 0 aromatic carbocycles. The van der Waals surface area contributed by atoms with Crippen LogP contribution in [0.5, 0.6) is 0 Å². The Labute approximate surface area is 131 Å². The lowest BCUT2D eigenvalue weighted by Gasteiger charge is -2.34. The summed E-state index contributed by atoms with van der Waals surface area (Å²) in [5.41, 5.74) is 2.75. The molecule has 3 unspecified atom stereocenters. The van der Waals surface area contributed by atoms with Gasteiger partial charge in [0.05, 0.1) is 19.3 Å². The first-order chi connectivity index (χ1) is 10.5. The number of nitrogens with zero attached hydrogens (tertiary/aromatic N) is 3. The summed E-state index contributed by atoms with van der Waals surface area (Å²) < 4.78 is 5.32. The van der Waals surface area contributed by atoms with Crippen molar-refractivity contribution in [1.29, 1.82) is 0 Å².